The number of nitro groups is 1. The van der Waals surface area contributed by atoms with Gasteiger partial charge in [0.25, 0.3) is 17.5 Å². The van der Waals surface area contributed by atoms with Crippen molar-refractivity contribution in [3.63, 3.8) is 0 Å². The van der Waals surface area contributed by atoms with Crippen LogP contribution in [0.4, 0.5) is 15.8 Å². The lowest BCUT2D eigenvalue weighted by atomic mass is 10.1. The summed E-state index contributed by atoms with van der Waals surface area (Å²) < 4.78 is 14.1. The fraction of sp³-hybridized carbons (Fsp3) is 0.167. The molecule has 9 heteroatoms. The second-order valence-corrected chi connectivity index (χ2v) is 8.06. The molecule has 0 aromatic heterocycles. The summed E-state index contributed by atoms with van der Waals surface area (Å²) in [5.74, 6) is -1.15. The first-order valence-electron chi connectivity index (χ1n) is 10.3. The van der Waals surface area contributed by atoms with Crippen molar-refractivity contribution in [2.45, 2.75) is 23.6 Å². The first kappa shape index (κ1) is 23.9. The Balaban J connectivity index is 1.86. The average molecular weight is 468 g/mol. The maximum atomic E-state index is 14.1. The van der Waals surface area contributed by atoms with Gasteiger partial charge in [-0.25, -0.2) is 4.39 Å². The third-order valence-corrected chi connectivity index (χ3v) is 6.04. The molecule has 0 unspecified atom stereocenters. The molecule has 0 aliphatic carbocycles. The van der Waals surface area contributed by atoms with Crippen LogP contribution in [0.2, 0.25) is 0 Å². The molecule has 33 heavy (non-hydrogen) atoms. The summed E-state index contributed by atoms with van der Waals surface area (Å²) >= 11 is 1.01. The van der Waals surface area contributed by atoms with Crippen LogP contribution in [-0.2, 0) is 0 Å². The van der Waals surface area contributed by atoms with Gasteiger partial charge in [-0.05, 0) is 56.3 Å². The second-order valence-electron chi connectivity index (χ2n) is 6.98. The average Bonchev–Trinajstić information content (AvgIpc) is 2.81. The van der Waals surface area contributed by atoms with Crippen LogP contribution >= 0.6 is 11.8 Å². The first-order chi connectivity index (χ1) is 15.8. The van der Waals surface area contributed by atoms with Crippen LogP contribution in [0.15, 0.2) is 76.5 Å². The highest BCUT2D eigenvalue weighted by Gasteiger charge is 2.19. The standard InChI is InChI=1S/C24H22FN3O4S/c1-3-27(4-2)24(30)16-9-11-17(12-10-16)26-23(29)19-15-18(28(31)32)13-14-21(19)33-22-8-6-5-7-20(22)25/h5-15H,3-4H2,1-2H3,(H,26,29). The topological polar surface area (TPSA) is 92.6 Å². The van der Waals surface area contributed by atoms with Gasteiger partial charge in [-0.1, -0.05) is 23.9 Å². The minimum absolute atomic E-state index is 0.0424. The molecule has 0 aliphatic rings. The maximum Gasteiger partial charge on any atom is 0.270 e. The van der Waals surface area contributed by atoms with Crippen molar-refractivity contribution in [2.75, 3.05) is 18.4 Å². The zero-order valence-corrected chi connectivity index (χ0v) is 18.9. The van der Waals surface area contributed by atoms with E-state index in [-0.39, 0.29) is 17.2 Å². The second kappa shape index (κ2) is 10.7. The van der Waals surface area contributed by atoms with Crippen molar-refractivity contribution < 1.29 is 18.9 Å². The minimum atomic E-state index is -0.595. The van der Waals surface area contributed by atoms with Gasteiger partial charge < -0.3 is 10.2 Å². The molecule has 7 nitrogen and oxygen atoms in total. The number of benzene rings is 3. The molecule has 0 spiro atoms. The molecule has 0 aliphatic heterocycles. The molecule has 170 valence electrons. The summed E-state index contributed by atoms with van der Waals surface area (Å²) in [7, 11) is 0. The van der Waals surface area contributed by atoms with Gasteiger partial charge in [-0.2, -0.15) is 0 Å². The number of anilines is 1. The van der Waals surface area contributed by atoms with Crippen LogP contribution in [0.1, 0.15) is 34.6 Å². The zero-order valence-electron chi connectivity index (χ0n) is 18.1. The minimum Gasteiger partial charge on any atom is -0.339 e. The van der Waals surface area contributed by atoms with Crippen molar-refractivity contribution >= 4 is 35.0 Å². The lowest BCUT2D eigenvalue weighted by Gasteiger charge is -2.18. The van der Waals surface area contributed by atoms with Crippen LogP contribution < -0.4 is 5.32 Å². The van der Waals surface area contributed by atoms with Crippen LogP contribution in [0.5, 0.6) is 0 Å². The zero-order chi connectivity index (χ0) is 24.0. The van der Waals surface area contributed by atoms with Gasteiger partial charge in [0.2, 0.25) is 0 Å². The van der Waals surface area contributed by atoms with Gasteiger partial charge in [0.05, 0.1) is 10.5 Å². The highest BCUT2D eigenvalue weighted by Crippen LogP contribution is 2.34. The van der Waals surface area contributed by atoms with Crippen LogP contribution in [-0.4, -0.2) is 34.7 Å². The number of carbonyl (C=O) groups excluding carboxylic acids is 2. The Morgan fingerprint density at radius 3 is 2.27 bits per heavy atom. The van der Waals surface area contributed by atoms with Gasteiger partial charge in [0.15, 0.2) is 0 Å². The number of non-ortho nitro benzene ring substituents is 1. The quantitative estimate of drug-likeness (QED) is 0.343. The monoisotopic (exact) mass is 467 g/mol. The summed E-state index contributed by atoms with van der Waals surface area (Å²) in [6.07, 6.45) is 0. The van der Waals surface area contributed by atoms with Crippen LogP contribution in [0.25, 0.3) is 0 Å². The number of amides is 2. The SMILES string of the molecule is CCN(CC)C(=O)c1ccc(NC(=O)c2cc([N+](=O)[O-])ccc2Sc2ccccc2F)cc1. The predicted octanol–water partition coefficient (Wildman–Crippen LogP) is 5.62. The fourth-order valence-corrected chi connectivity index (χ4v) is 4.08. The van der Waals surface area contributed by atoms with E-state index in [0.717, 1.165) is 17.8 Å². The largest absolute Gasteiger partial charge is 0.339 e. The van der Waals surface area contributed by atoms with Crippen molar-refractivity contribution in [3.05, 3.63) is 93.8 Å². The number of hydrogen-bond acceptors (Lipinski definition) is 5. The normalized spacial score (nSPS) is 10.5. The molecule has 3 aromatic carbocycles. The Hall–Kier alpha value is -3.72. The number of carbonyl (C=O) groups is 2. The molecule has 0 saturated heterocycles. The van der Waals surface area contributed by atoms with E-state index in [0.29, 0.717) is 34.1 Å². The van der Waals surface area contributed by atoms with E-state index in [1.807, 2.05) is 13.8 Å². The van der Waals surface area contributed by atoms with Gasteiger partial charge in [0, 0.05) is 46.3 Å². The molecule has 0 bridgehead atoms. The van der Waals surface area contributed by atoms with E-state index < -0.39 is 16.6 Å². The number of hydrogen-bond donors (Lipinski definition) is 1. The first-order valence-corrected chi connectivity index (χ1v) is 11.1. The Labute approximate surface area is 194 Å². The van der Waals surface area contributed by atoms with Gasteiger partial charge in [-0.3, -0.25) is 19.7 Å². The highest BCUT2D eigenvalue weighted by molar-refractivity contribution is 7.99. The number of nitro benzene ring substituents is 1. The molecule has 0 saturated carbocycles. The van der Waals surface area contributed by atoms with E-state index in [4.69, 9.17) is 0 Å². The Morgan fingerprint density at radius 1 is 1.00 bits per heavy atom. The molecule has 3 rings (SSSR count). The maximum absolute atomic E-state index is 14.1. The van der Waals surface area contributed by atoms with Crippen molar-refractivity contribution in [1.82, 2.24) is 4.90 Å². The van der Waals surface area contributed by atoms with Crippen LogP contribution in [0.3, 0.4) is 0 Å². The summed E-state index contributed by atoms with van der Waals surface area (Å²) in [5, 5.41) is 13.9. The lowest BCUT2D eigenvalue weighted by molar-refractivity contribution is -0.384. The Kier molecular flexibility index (Phi) is 7.78. The molecule has 0 radical (unpaired) electrons. The highest BCUT2D eigenvalue weighted by atomic mass is 32.2. The third-order valence-electron chi connectivity index (χ3n) is 4.92. The molecule has 2 amide bonds. The number of nitrogens with one attached hydrogen (secondary N) is 1. The smallest absolute Gasteiger partial charge is 0.270 e. The Bertz CT molecular complexity index is 1180. The summed E-state index contributed by atoms with van der Waals surface area (Å²) in [4.78, 5) is 38.4. The van der Waals surface area contributed by atoms with Crippen molar-refractivity contribution in [3.8, 4) is 0 Å². The van der Waals surface area contributed by atoms with E-state index in [2.05, 4.69) is 5.32 Å². The van der Waals surface area contributed by atoms with Crippen molar-refractivity contribution in [1.29, 1.82) is 0 Å². The van der Waals surface area contributed by atoms with Gasteiger partial charge in [0.1, 0.15) is 5.82 Å². The lowest BCUT2D eigenvalue weighted by Crippen LogP contribution is -2.30. The van der Waals surface area contributed by atoms with E-state index >= 15 is 0 Å². The molecule has 0 fully saturated rings. The number of halogens is 1. The summed E-state index contributed by atoms with van der Waals surface area (Å²) in [6.45, 7) is 4.96. The molecule has 3 aromatic rings. The molecule has 0 atom stereocenters. The molecular weight excluding hydrogens is 445 g/mol. The number of nitrogens with zero attached hydrogens (tertiary/aromatic N) is 2. The molecule has 0 heterocycles. The Morgan fingerprint density at radius 2 is 1.67 bits per heavy atom. The van der Waals surface area contributed by atoms with Gasteiger partial charge >= 0.3 is 0 Å². The van der Waals surface area contributed by atoms with E-state index in [9.17, 15) is 24.1 Å². The fourth-order valence-electron chi connectivity index (χ4n) is 3.13. The third kappa shape index (κ3) is 5.75. The van der Waals surface area contributed by atoms with Crippen molar-refractivity contribution in [2.24, 2.45) is 0 Å². The van der Waals surface area contributed by atoms with Crippen LogP contribution in [0, 0.1) is 15.9 Å². The van der Waals surface area contributed by atoms with E-state index in [1.165, 1.54) is 18.2 Å². The summed E-state index contributed by atoms with van der Waals surface area (Å²) in [5.41, 5.74) is 0.700. The van der Waals surface area contributed by atoms with E-state index in [1.54, 1.807) is 47.4 Å². The van der Waals surface area contributed by atoms with Gasteiger partial charge in [-0.15, -0.1) is 0 Å². The molecule has 1 N–H and O–H groups in total. The predicted molar refractivity (Wildman–Crippen MR) is 125 cm³/mol. The molecular formula is C24H22FN3O4S. The number of rotatable bonds is 8. The summed E-state index contributed by atoms with van der Waals surface area (Å²) in [6, 6.07) is 16.3.